The fourth-order valence-electron chi connectivity index (χ4n) is 2.61. The number of para-hydroxylation sites is 1. The second kappa shape index (κ2) is 6.93. The minimum Gasteiger partial charge on any atom is -0.339 e. The molecule has 2 aromatic carbocycles. The molecule has 2 N–H and O–H groups in total. The smallest absolute Gasteiger partial charge is 0.249 e. The summed E-state index contributed by atoms with van der Waals surface area (Å²) in [5, 5.41) is 16.2. The number of benzene rings is 2. The van der Waals surface area contributed by atoms with Gasteiger partial charge in [0, 0.05) is 22.3 Å². The average molecular weight is 363 g/mol. The lowest BCUT2D eigenvalue weighted by Gasteiger charge is -2.11. The minimum absolute atomic E-state index is 0.382. The number of hydrogen-bond donors (Lipinski definition) is 2. The van der Waals surface area contributed by atoms with Crippen molar-refractivity contribution in [1.29, 1.82) is 0 Å². The van der Waals surface area contributed by atoms with Crippen LogP contribution in [0.25, 0.3) is 10.9 Å². The Morgan fingerprint density at radius 2 is 1.85 bits per heavy atom. The number of aromatic nitrogens is 4. The van der Waals surface area contributed by atoms with Crippen LogP contribution < -0.4 is 10.6 Å². The van der Waals surface area contributed by atoms with Crippen LogP contribution in [0.4, 0.5) is 23.1 Å². The molecule has 0 radical (unpaired) electrons. The van der Waals surface area contributed by atoms with E-state index in [1.807, 2.05) is 55.5 Å². The molecule has 128 valence electrons. The van der Waals surface area contributed by atoms with Gasteiger partial charge in [0.15, 0.2) is 5.82 Å². The van der Waals surface area contributed by atoms with Crippen LogP contribution in [0.5, 0.6) is 0 Å². The molecule has 0 aliphatic carbocycles. The van der Waals surface area contributed by atoms with E-state index in [1.54, 1.807) is 12.4 Å². The summed E-state index contributed by atoms with van der Waals surface area (Å²) in [6, 6.07) is 15.4. The summed E-state index contributed by atoms with van der Waals surface area (Å²) >= 11 is 6.07. The summed E-state index contributed by atoms with van der Waals surface area (Å²) in [4.78, 5) is 8.89. The van der Waals surface area contributed by atoms with Crippen molar-refractivity contribution in [3.05, 3.63) is 71.5 Å². The first-order valence-corrected chi connectivity index (χ1v) is 8.40. The van der Waals surface area contributed by atoms with Gasteiger partial charge >= 0.3 is 0 Å². The zero-order valence-electron chi connectivity index (χ0n) is 13.9. The van der Waals surface area contributed by atoms with Crippen molar-refractivity contribution >= 4 is 45.6 Å². The van der Waals surface area contributed by atoms with Crippen molar-refractivity contribution in [3.8, 4) is 0 Å². The van der Waals surface area contributed by atoms with E-state index in [9.17, 15) is 0 Å². The van der Waals surface area contributed by atoms with Gasteiger partial charge in [0.1, 0.15) is 0 Å². The molecule has 0 bridgehead atoms. The van der Waals surface area contributed by atoms with Crippen LogP contribution in [-0.4, -0.2) is 20.2 Å². The lowest BCUT2D eigenvalue weighted by atomic mass is 10.2. The van der Waals surface area contributed by atoms with Crippen LogP contribution in [-0.2, 0) is 0 Å². The van der Waals surface area contributed by atoms with Crippen LogP contribution in [0.15, 0.2) is 60.9 Å². The van der Waals surface area contributed by atoms with E-state index >= 15 is 0 Å². The highest BCUT2D eigenvalue weighted by Crippen LogP contribution is 2.25. The van der Waals surface area contributed by atoms with E-state index in [4.69, 9.17) is 11.6 Å². The molecule has 0 aliphatic rings. The van der Waals surface area contributed by atoms with Crippen molar-refractivity contribution in [2.75, 3.05) is 10.6 Å². The zero-order chi connectivity index (χ0) is 17.9. The molecule has 0 saturated heterocycles. The van der Waals surface area contributed by atoms with Gasteiger partial charge in [-0.05, 0) is 36.8 Å². The third-order valence-electron chi connectivity index (χ3n) is 3.90. The first-order valence-electron chi connectivity index (χ1n) is 8.03. The quantitative estimate of drug-likeness (QED) is 0.539. The van der Waals surface area contributed by atoms with E-state index in [-0.39, 0.29) is 0 Å². The van der Waals surface area contributed by atoms with Crippen molar-refractivity contribution in [2.45, 2.75) is 6.92 Å². The number of rotatable bonds is 4. The van der Waals surface area contributed by atoms with Crippen molar-refractivity contribution in [1.82, 2.24) is 20.2 Å². The fourth-order valence-corrected chi connectivity index (χ4v) is 2.78. The topological polar surface area (TPSA) is 75.6 Å². The van der Waals surface area contributed by atoms with E-state index in [0.717, 1.165) is 27.8 Å². The van der Waals surface area contributed by atoms with Crippen LogP contribution in [0.2, 0.25) is 5.02 Å². The molecule has 2 heterocycles. The molecule has 4 rings (SSSR count). The Hall–Kier alpha value is -3.25. The van der Waals surface area contributed by atoms with Gasteiger partial charge in [0.2, 0.25) is 5.95 Å². The molecular formula is C19H15ClN6. The number of anilines is 4. The second-order valence-electron chi connectivity index (χ2n) is 5.76. The van der Waals surface area contributed by atoms with Gasteiger partial charge in [-0.1, -0.05) is 35.9 Å². The molecule has 6 nitrogen and oxygen atoms in total. The lowest BCUT2D eigenvalue weighted by molar-refractivity contribution is 0.982. The monoisotopic (exact) mass is 362 g/mol. The predicted molar refractivity (Wildman–Crippen MR) is 104 cm³/mol. The Kier molecular flexibility index (Phi) is 4.33. The van der Waals surface area contributed by atoms with Gasteiger partial charge in [-0.25, -0.2) is 0 Å². The van der Waals surface area contributed by atoms with Gasteiger partial charge < -0.3 is 10.6 Å². The molecular weight excluding hydrogens is 348 g/mol. The van der Waals surface area contributed by atoms with E-state index in [1.165, 1.54) is 0 Å². The van der Waals surface area contributed by atoms with Gasteiger partial charge in [0.25, 0.3) is 0 Å². The molecule has 0 atom stereocenters. The van der Waals surface area contributed by atoms with Crippen LogP contribution in [0.3, 0.4) is 0 Å². The first kappa shape index (κ1) is 16.2. The molecule has 0 unspecified atom stereocenters. The van der Waals surface area contributed by atoms with Crippen molar-refractivity contribution < 1.29 is 0 Å². The normalized spacial score (nSPS) is 10.7. The Bertz CT molecular complexity index is 1080. The SMILES string of the molecule is Cc1ccc(Cl)cc1Nc1cnnc(Nc2cccc3cccnc23)n1. The molecule has 0 aliphatic heterocycles. The average Bonchev–Trinajstić information content (AvgIpc) is 2.65. The minimum atomic E-state index is 0.382. The molecule has 2 aromatic heterocycles. The summed E-state index contributed by atoms with van der Waals surface area (Å²) in [6.07, 6.45) is 3.32. The summed E-state index contributed by atoms with van der Waals surface area (Å²) in [7, 11) is 0. The standard InChI is InChI=1S/C19H15ClN6/c1-12-7-8-14(20)10-16(12)23-17-11-22-26-19(25-17)24-15-6-2-4-13-5-3-9-21-18(13)15/h2-11H,1H3,(H2,23,24,25,26). The maximum Gasteiger partial charge on any atom is 0.249 e. The van der Waals surface area contributed by atoms with Crippen LogP contribution in [0.1, 0.15) is 5.56 Å². The summed E-state index contributed by atoms with van der Waals surface area (Å²) in [5.74, 6) is 0.953. The molecule has 7 heteroatoms. The van der Waals surface area contributed by atoms with Gasteiger partial charge in [0.05, 0.1) is 17.4 Å². The van der Waals surface area contributed by atoms with E-state index in [2.05, 4.69) is 30.8 Å². The molecule has 0 fully saturated rings. The van der Waals surface area contributed by atoms with Gasteiger partial charge in [-0.2, -0.15) is 10.1 Å². The molecule has 0 amide bonds. The number of pyridine rings is 1. The summed E-state index contributed by atoms with van der Waals surface area (Å²) in [6.45, 7) is 1.99. The number of hydrogen-bond acceptors (Lipinski definition) is 6. The second-order valence-corrected chi connectivity index (χ2v) is 6.19. The molecule has 26 heavy (non-hydrogen) atoms. The Morgan fingerprint density at radius 1 is 0.962 bits per heavy atom. The van der Waals surface area contributed by atoms with Gasteiger partial charge in [-0.3, -0.25) is 4.98 Å². The third kappa shape index (κ3) is 3.41. The van der Waals surface area contributed by atoms with Gasteiger partial charge in [-0.15, -0.1) is 5.10 Å². The lowest BCUT2D eigenvalue weighted by Crippen LogP contribution is -2.03. The number of nitrogens with one attached hydrogen (secondary N) is 2. The maximum atomic E-state index is 6.07. The number of halogens is 1. The Balaban J connectivity index is 1.62. The highest BCUT2D eigenvalue weighted by molar-refractivity contribution is 6.30. The fraction of sp³-hybridized carbons (Fsp3) is 0.0526. The Labute approximate surface area is 155 Å². The molecule has 0 saturated carbocycles. The number of aryl methyl sites for hydroxylation is 1. The molecule has 0 spiro atoms. The zero-order valence-corrected chi connectivity index (χ0v) is 14.7. The Morgan fingerprint density at radius 3 is 2.77 bits per heavy atom. The highest BCUT2D eigenvalue weighted by Gasteiger charge is 2.07. The maximum absolute atomic E-state index is 6.07. The highest BCUT2D eigenvalue weighted by atomic mass is 35.5. The molecule has 4 aromatic rings. The van der Waals surface area contributed by atoms with Crippen LogP contribution >= 0.6 is 11.6 Å². The number of nitrogens with zero attached hydrogens (tertiary/aromatic N) is 4. The largest absolute Gasteiger partial charge is 0.339 e. The van der Waals surface area contributed by atoms with E-state index < -0.39 is 0 Å². The van der Waals surface area contributed by atoms with Crippen molar-refractivity contribution in [3.63, 3.8) is 0 Å². The first-order chi connectivity index (χ1) is 12.7. The number of fused-ring (bicyclic) bond motifs is 1. The summed E-state index contributed by atoms with van der Waals surface area (Å²) < 4.78 is 0. The van der Waals surface area contributed by atoms with Crippen LogP contribution in [0, 0.1) is 6.92 Å². The predicted octanol–water partition coefficient (Wildman–Crippen LogP) is 4.87. The third-order valence-corrected chi connectivity index (χ3v) is 4.14. The van der Waals surface area contributed by atoms with Crippen molar-refractivity contribution in [2.24, 2.45) is 0 Å². The summed E-state index contributed by atoms with van der Waals surface area (Å²) in [5.41, 5.74) is 3.60. The van der Waals surface area contributed by atoms with E-state index in [0.29, 0.717) is 16.8 Å².